The van der Waals surface area contributed by atoms with Gasteiger partial charge in [0.2, 0.25) is 0 Å². The van der Waals surface area contributed by atoms with Crippen molar-refractivity contribution in [2.24, 2.45) is 0 Å². The van der Waals surface area contributed by atoms with Gasteiger partial charge in [0.25, 0.3) is 0 Å². The van der Waals surface area contributed by atoms with E-state index in [0.29, 0.717) is 24.3 Å². The Kier molecular flexibility index (Phi) is 6.29. The van der Waals surface area contributed by atoms with Gasteiger partial charge in [0.15, 0.2) is 9.84 Å². The van der Waals surface area contributed by atoms with Crippen LogP contribution in [0.5, 0.6) is 0 Å². The van der Waals surface area contributed by atoms with Crippen LogP contribution in [0.4, 0.5) is 0 Å². The van der Waals surface area contributed by atoms with E-state index in [4.69, 9.17) is 0 Å². The van der Waals surface area contributed by atoms with Crippen molar-refractivity contribution < 1.29 is 18.6 Å². The summed E-state index contributed by atoms with van der Waals surface area (Å²) >= 11 is 0. The second-order valence-corrected chi connectivity index (χ2v) is 11.5. The monoisotopic (exact) mass is 487 g/mol. The molecule has 5 rings (SSSR count). The van der Waals surface area contributed by atoms with Crippen molar-refractivity contribution in [1.29, 1.82) is 0 Å². The molecule has 3 aromatic rings. The highest BCUT2D eigenvalue weighted by molar-refractivity contribution is 7.92. The van der Waals surface area contributed by atoms with Crippen LogP contribution in [0.2, 0.25) is 0 Å². The van der Waals surface area contributed by atoms with Gasteiger partial charge < -0.3 is 10.2 Å². The molecule has 4 atom stereocenters. The minimum absolute atomic E-state index is 0.211. The number of hydrogen-bond donors (Lipinski definition) is 2. The molecule has 0 amide bonds. The lowest BCUT2D eigenvalue weighted by molar-refractivity contribution is -0.111. The maximum absolute atomic E-state index is 14.0. The maximum Gasteiger partial charge on any atom is 0.182 e. The molecule has 2 fully saturated rings. The molecule has 2 aliphatic heterocycles. The summed E-state index contributed by atoms with van der Waals surface area (Å²) in [5.74, 6) is 5.65. The molecule has 0 aromatic heterocycles. The maximum atomic E-state index is 14.0. The standard InChI is InChI=1S/C29H29NO4S/c31-20-10-18-28(32)19-17-26-27(35(33,34)25-15-8-3-9-16-25)21-29(28,24-13-6-2-7-14-24)30(26)22-23-11-4-1-5-12-23/h1-9,11-16,26-27,31-32H,17,19-22H2. The molecular formula is C29H29NO4S. The molecule has 6 heteroatoms. The number of benzene rings is 3. The molecular weight excluding hydrogens is 458 g/mol. The Labute approximate surface area is 207 Å². The summed E-state index contributed by atoms with van der Waals surface area (Å²) in [7, 11) is -3.69. The molecule has 0 saturated carbocycles. The van der Waals surface area contributed by atoms with Gasteiger partial charge in [-0.3, -0.25) is 4.90 Å². The van der Waals surface area contributed by atoms with E-state index >= 15 is 0 Å². The minimum Gasteiger partial charge on any atom is -0.384 e. The van der Waals surface area contributed by atoms with Crippen LogP contribution in [0, 0.1) is 11.8 Å². The quantitative estimate of drug-likeness (QED) is 0.539. The van der Waals surface area contributed by atoms with E-state index in [0.717, 1.165) is 11.1 Å². The van der Waals surface area contributed by atoms with Crippen LogP contribution in [-0.4, -0.2) is 47.0 Å². The van der Waals surface area contributed by atoms with E-state index < -0.39 is 26.2 Å². The number of sulfone groups is 1. The third-order valence-corrected chi connectivity index (χ3v) is 9.80. The molecule has 3 aromatic carbocycles. The highest BCUT2D eigenvalue weighted by atomic mass is 32.2. The number of rotatable bonds is 5. The van der Waals surface area contributed by atoms with Gasteiger partial charge in [0.1, 0.15) is 12.2 Å². The van der Waals surface area contributed by atoms with Gasteiger partial charge in [-0.05, 0) is 42.5 Å². The third-order valence-electron chi connectivity index (χ3n) is 7.59. The van der Waals surface area contributed by atoms with Gasteiger partial charge in [-0.25, -0.2) is 8.42 Å². The molecule has 180 valence electrons. The van der Waals surface area contributed by atoms with Crippen molar-refractivity contribution in [3.8, 4) is 11.8 Å². The van der Waals surface area contributed by atoms with Crippen LogP contribution in [0.1, 0.15) is 30.4 Å². The Bertz CT molecular complexity index is 1330. The number of aliphatic hydroxyl groups is 2. The van der Waals surface area contributed by atoms with Gasteiger partial charge in [0, 0.05) is 12.6 Å². The van der Waals surface area contributed by atoms with Gasteiger partial charge in [0.05, 0.1) is 15.7 Å². The molecule has 4 unspecified atom stereocenters. The van der Waals surface area contributed by atoms with E-state index in [1.807, 2.05) is 66.7 Å². The normalized spacial score (nSPS) is 28.3. The summed E-state index contributed by atoms with van der Waals surface area (Å²) in [6.45, 7) is 0.103. The molecule has 2 aliphatic rings. The molecule has 35 heavy (non-hydrogen) atoms. The summed E-state index contributed by atoms with van der Waals surface area (Å²) in [4.78, 5) is 2.46. The van der Waals surface area contributed by atoms with Crippen molar-refractivity contribution in [3.05, 3.63) is 102 Å². The fraction of sp³-hybridized carbons (Fsp3) is 0.310. The summed E-state index contributed by atoms with van der Waals surface area (Å²) in [6, 6.07) is 27.8. The summed E-state index contributed by atoms with van der Waals surface area (Å²) in [5, 5.41) is 20.9. The predicted octanol–water partition coefficient (Wildman–Crippen LogP) is 3.52. The smallest absolute Gasteiger partial charge is 0.182 e. The zero-order valence-corrected chi connectivity index (χ0v) is 20.2. The van der Waals surface area contributed by atoms with E-state index in [1.165, 1.54) is 0 Å². The number of piperidine rings is 1. The van der Waals surface area contributed by atoms with Crippen LogP contribution >= 0.6 is 0 Å². The highest BCUT2D eigenvalue weighted by Crippen LogP contribution is 2.58. The van der Waals surface area contributed by atoms with Crippen LogP contribution < -0.4 is 0 Å². The SMILES string of the molecule is O=S(=O)(c1ccccc1)C1CC2(c3ccccc3)N(Cc3ccccc3)C1CCC2(O)C#CCO. The molecule has 0 radical (unpaired) electrons. The Morgan fingerprint density at radius 3 is 2.14 bits per heavy atom. The van der Waals surface area contributed by atoms with Gasteiger partial charge >= 0.3 is 0 Å². The fourth-order valence-corrected chi connectivity index (χ4v) is 8.11. The number of hydrogen-bond acceptors (Lipinski definition) is 5. The molecule has 2 bridgehead atoms. The van der Waals surface area contributed by atoms with Crippen LogP contribution in [0.25, 0.3) is 0 Å². The lowest BCUT2D eigenvalue weighted by atomic mass is 9.69. The Balaban J connectivity index is 1.73. The molecule has 2 N–H and O–H groups in total. The third kappa shape index (κ3) is 3.89. The Hall–Kier alpha value is -2.95. The van der Waals surface area contributed by atoms with Crippen LogP contribution in [0.15, 0.2) is 95.9 Å². The van der Waals surface area contributed by atoms with E-state index in [9.17, 15) is 18.6 Å². The lowest BCUT2D eigenvalue weighted by Crippen LogP contribution is -2.63. The Morgan fingerprint density at radius 2 is 1.51 bits per heavy atom. The molecule has 5 nitrogen and oxygen atoms in total. The second kappa shape index (κ2) is 9.25. The van der Waals surface area contributed by atoms with Gasteiger partial charge in [-0.2, -0.15) is 0 Å². The van der Waals surface area contributed by atoms with Crippen molar-refractivity contribution >= 4 is 9.84 Å². The number of fused-ring (bicyclic) bond motifs is 2. The molecule has 2 heterocycles. The lowest BCUT2D eigenvalue weighted by Gasteiger charge is -2.53. The average Bonchev–Trinajstić information content (AvgIpc) is 3.16. The Morgan fingerprint density at radius 1 is 0.914 bits per heavy atom. The van der Waals surface area contributed by atoms with Crippen LogP contribution in [-0.2, 0) is 21.9 Å². The highest BCUT2D eigenvalue weighted by Gasteiger charge is 2.67. The first-order chi connectivity index (χ1) is 16.9. The summed E-state index contributed by atoms with van der Waals surface area (Å²) in [6.07, 6.45) is 1.02. The van der Waals surface area contributed by atoms with Crippen molar-refractivity contribution in [2.45, 2.75) is 53.1 Å². The molecule has 0 spiro atoms. The first-order valence-corrected chi connectivity index (χ1v) is 13.5. The van der Waals surface area contributed by atoms with Crippen molar-refractivity contribution in [2.75, 3.05) is 6.61 Å². The largest absolute Gasteiger partial charge is 0.384 e. The number of aliphatic hydroxyl groups excluding tert-OH is 1. The zero-order chi connectivity index (χ0) is 24.5. The first-order valence-electron chi connectivity index (χ1n) is 11.9. The van der Waals surface area contributed by atoms with Crippen molar-refractivity contribution in [1.82, 2.24) is 4.90 Å². The zero-order valence-electron chi connectivity index (χ0n) is 19.4. The van der Waals surface area contributed by atoms with E-state index in [-0.39, 0.29) is 19.1 Å². The average molecular weight is 488 g/mol. The predicted molar refractivity (Wildman–Crippen MR) is 135 cm³/mol. The second-order valence-electron chi connectivity index (χ2n) is 9.37. The first kappa shape index (κ1) is 23.8. The molecule has 0 aliphatic carbocycles. The summed E-state index contributed by atoms with van der Waals surface area (Å²) in [5.41, 5.74) is -0.707. The minimum atomic E-state index is -3.69. The van der Waals surface area contributed by atoms with E-state index in [1.54, 1.807) is 24.3 Å². The van der Waals surface area contributed by atoms with Crippen LogP contribution in [0.3, 0.4) is 0 Å². The van der Waals surface area contributed by atoms with Gasteiger partial charge in [-0.1, -0.05) is 90.7 Å². The van der Waals surface area contributed by atoms with Gasteiger partial charge in [-0.15, -0.1) is 0 Å². The van der Waals surface area contributed by atoms with E-state index in [2.05, 4.69) is 16.7 Å². The number of nitrogens with zero attached hydrogens (tertiary/aromatic N) is 1. The van der Waals surface area contributed by atoms with Crippen molar-refractivity contribution in [3.63, 3.8) is 0 Å². The fourth-order valence-electron chi connectivity index (χ4n) is 6.06. The topological polar surface area (TPSA) is 77.8 Å². The summed E-state index contributed by atoms with van der Waals surface area (Å²) < 4.78 is 28.0. The molecule has 2 saturated heterocycles.